The van der Waals surface area contributed by atoms with Crippen molar-refractivity contribution in [2.45, 2.75) is 47.0 Å². The molecule has 4 heteroatoms. The highest BCUT2D eigenvalue weighted by Crippen LogP contribution is 2.40. The van der Waals surface area contributed by atoms with Crippen LogP contribution in [0.25, 0.3) is 0 Å². The maximum Gasteiger partial charge on any atom is 0.311 e. The molecule has 0 aromatic carbocycles. The van der Waals surface area contributed by atoms with Gasteiger partial charge in [-0.15, -0.1) is 0 Å². The molecule has 100 valence electrons. The van der Waals surface area contributed by atoms with Crippen LogP contribution in [0.2, 0.25) is 0 Å². The Hall–Kier alpha value is -1.06. The first kappa shape index (κ1) is 15.9. The number of rotatable bonds is 6. The molecule has 0 bridgehead atoms. The van der Waals surface area contributed by atoms with Gasteiger partial charge in [-0.2, -0.15) is 0 Å². The van der Waals surface area contributed by atoms with Gasteiger partial charge < -0.3 is 9.47 Å². The van der Waals surface area contributed by atoms with E-state index in [1.54, 1.807) is 0 Å². The van der Waals surface area contributed by atoms with Crippen LogP contribution in [-0.4, -0.2) is 26.2 Å². The van der Waals surface area contributed by atoms with E-state index in [1.165, 1.54) is 14.2 Å². The van der Waals surface area contributed by atoms with Crippen molar-refractivity contribution in [3.8, 4) is 0 Å². The summed E-state index contributed by atoms with van der Waals surface area (Å²) >= 11 is 0. The maximum absolute atomic E-state index is 11.8. The zero-order valence-corrected chi connectivity index (χ0v) is 11.8. The van der Waals surface area contributed by atoms with Gasteiger partial charge in [0.15, 0.2) is 0 Å². The summed E-state index contributed by atoms with van der Waals surface area (Å²) in [6.07, 6.45) is 1.70. The Morgan fingerprint density at radius 1 is 0.882 bits per heavy atom. The van der Waals surface area contributed by atoms with Crippen LogP contribution in [-0.2, 0) is 19.1 Å². The average molecular weight is 244 g/mol. The number of ether oxygens (including phenoxy) is 2. The fraction of sp³-hybridized carbons (Fsp3) is 0.846. The Labute approximate surface area is 104 Å². The minimum absolute atomic E-state index is 0.274. The molecule has 0 aliphatic heterocycles. The monoisotopic (exact) mass is 244 g/mol. The molecular formula is C13H24O4. The number of methoxy groups -OCH3 is 2. The van der Waals surface area contributed by atoms with Gasteiger partial charge in [0.2, 0.25) is 0 Å². The lowest BCUT2D eigenvalue weighted by Crippen LogP contribution is -2.39. The van der Waals surface area contributed by atoms with E-state index < -0.39 is 10.8 Å². The van der Waals surface area contributed by atoms with Gasteiger partial charge in [-0.3, -0.25) is 9.59 Å². The molecule has 0 spiro atoms. The van der Waals surface area contributed by atoms with E-state index in [0.717, 1.165) is 0 Å². The van der Waals surface area contributed by atoms with E-state index in [9.17, 15) is 9.59 Å². The lowest BCUT2D eigenvalue weighted by Gasteiger charge is -2.34. The third-order valence-electron chi connectivity index (χ3n) is 3.70. The largest absolute Gasteiger partial charge is 0.469 e. The van der Waals surface area contributed by atoms with Crippen molar-refractivity contribution in [3.05, 3.63) is 0 Å². The topological polar surface area (TPSA) is 52.6 Å². The fourth-order valence-electron chi connectivity index (χ4n) is 2.04. The van der Waals surface area contributed by atoms with Crippen LogP contribution in [0.1, 0.15) is 47.0 Å². The van der Waals surface area contributed by atoms with Crippen LogP contribution in [0.5, 0.6) is 0 Å². The Morgan fingerprint density at radius 2 is 1.18 bits per heavy atom. The molecule has 2 atom stereocenters. The molecule has 0 saturated heterocycles. The van der Waals surface area contributed by atoms with E-state index in [-0.39, 0.29) is 11.9 Å². The van der Waals surface area contributed by atoms with Crippen molar-refractivity contribution < 1.29 is 19.1 Å². The van der Waals surface area contributed by atoms with Crippen molar-refractivity contribution >= 4 is 11.9 Å². The molecule has 0 aromatic heterocycles. The van der Waals surface area contributed by atoms with Crippen LogP contribution in [0.4, 0.5) is 0 Å². The second kappa shape index (κ2) is 6.03. The first-order valence-corrected chi connectivity index (χ1v) is 5.96. The summed E-state index contributed by atoms with van der Waals surface area (Å²) in [4.78, 5) is 23.6. The first-order valence-electron chi connectivity index (χ1n) is 5.96. The Morgan fingerprint density at radius 3 is 1.35 bits per heavy atom. The van der Waals surface area contributed by atoms with Crippen LogP contribution >= 0.6 is 0 Å². The summed E-state index contributed by atoms with van der Waals surface area (Å²) in [5.41, 5.74) is -1.29. The van der Waals surface area contributed by atoms with Gasteiger partial charge in [0, 0.05) is 0 Å². The third-order valence-corrected chi connectivity index (χ3v) is 3.70. The van der Waals surface area contributed by atoms with Gasteiger partial charge in [0.05, 0.1) is 25.0 Å². The van der Waals surface area contributed by atoms with Gasteiger partial charge in [0.25, 0.3) is 0 Å². The SMILES string of the molecule is CCC(C)(CC(C)(CC)C(=O)OC)C(=O)OC. The first-order chi connectivity index (χ1) is 7.79. The van der Waals surface area contributed by atoms with E-state index >= 15 is 0 Å². The van der Waals surface area contributed by atoms with Gasteiger partial charge in [-0.1, -0.05) is 13.8 Å². The molecule has 0 saturated carbocycles. The number of carbonyl (C=O) groups is 2. The predicted octanol–water partition coefficient (Wildman–Crippen LogP) is 2.56. The summed E-state index contributed by atoms with van der Waals surface area (Å²) in [7, 11) is 2.75. The minimum atomic E-state index is -0.645. The van der Waals surface area contributed by atoms with Crippen molar-refractivity contribution in [2.24, 2.45) is 10.8 Å². The minimum Gasteiger partial charge on any atom is -0.469 e. The third kappa shape index (κ3) is 3.45. The molecule has 0 heterocycles. The van der Waals surface area contributed by atoms with E-state index in [0.29, 0.717) is 19.3 Å². The molecule has 0 radical (unpaired) electrons. The summed E-state index contributed by atoms with van der Waals surface area (Å²) in [6, 6.07) is 0. The summed E-state index contributed by atoms with van der Waals surface area (Å²) in [5.74, 6) is -0.549. The van der Waals surface area contributed by atoms with Crippen LogP contribution < -0.4 is 0 Å². The van der Waals surface area contributed by atoms with Crippen molar-refractivity contribution in [1.29, 1.82) is 0 Å². The standard InChI is InChI=1S/C13H24O4/c1-7-12(3,10(14)16-5)9-13(4,8-2)11(15)17-6/h7-9H2,1-6H3. The second-order valence-corrected chi connectivity index (χ2v) is 4.99. The van der Waals surface area contributed by atoms with Gasteiger partial charge in [0.1, 0.15) is 0 Å². The molecule has 0 N–H and O–H groups in total. The van der Waals surface area contributed by atoms with Crippen molar-refractivity contribution in [3.63, 3.8) is 0 Å². The second-order valence-electron chi connectivity index (χ2n) is 4.99. The number of hydrogen-bond donors (Lipinski definition) is 0. The molecule has 17 heavy (non-hydrogen) atoms. The van der Waals surface area contributed by atoms with Crippen LogP contribution in [0, 0.1) is 10.8 Å². The van der Waals surface area contributed by atoms with E-state index in [2.05, 4.69) is 0 Å². The highest BCUT2D eigenvalue weighted by atomic mass is 16.5. The summed E-state index contributed by atoms with van der Waals surface area (Å²) < 4.78 is 9.64. The molecule has 0 aliphatic carbocycles. The molecule has 0 amide bonds. The Balaban J connectivity index is 5.10. The van der Waals surface area contributed by atoms with Crippen LogP contribution in [0.3, 0.4) is 0 Å². The van der Waals surface area contributed by atoms with E-state index in [4.69, 9.17) is 9.47 Å². The van der Waals surface area contributed by atoms with Crippen LogP contribution in [0.15, 0.2) is 0 Å². The number of carbonyl (C=O) groups excluding carboxylic acids is 2. The quantitative estimate of drug-likeness (QED) is 0.674. The highest BCUT2D eigenvalue weighted by molar-refractivity contribution is 5.80. The van der Waals surface area contributed by atoms with E-state index in [1.807, 2.05) is 27.7 Å². The fourth-order valence-corrected chi connectivity index (χ4v) is 2.04. The summed E-state index contributed by atoms with van der Waals surface area (Å²) in [6.45, 7) is 7.50. The van der Waals surface area contributed by atoms with Gasteiger partial charge >= 0.3 is 11.9 Å². The van der Waals surface area contributed by atoms with Crippen molar-refractivity contribution in [1.82, 2.24) is 0 Å². The lowest BCUT2D eigenvalue weighted by molar-refractivity contribution is -0.160. The van der Waals surface area contributed by atoms with Crippen molar-refractivity contribution in [2.75, 3.05) is 14.2 Å². The number of esters is 2. The molecule has 0 aliphatic rings. The van der Waals surface area contributed by atoms with Gasteiger partial charge in [-0.25, -0.2) is 0 Å². The predicted molar refractivity (Wildman–Crippen MR) is 65.4 cm³/mol. The molecule has 0 rings (SSSR count). The normalized spacial score (nSPS) is 17.8. The number of hydrogen-bond acceptors (Lipinski definition) is 4. The molecule has 0 aromatic rings. The maximum atomic E-state index is 11.8. The van der Waals surface area contributed by atoms with Gasteiger partial charge in [-0.05, 0) is 33.1 Å². The molecule has 4 nitrogen and oxygen atoms in total. The Kier molecular flexibility index (Phi) is 5.66. The summed E-state index contributed by atoms with van der Waals surface area (Å²) in [5, 5.41) is 0. The molecular weight excluding hydrogens is 220 g/mol. The lowest BCUT2D eigenvalue weighted by atomic mass is 9.70. The molecule has 2 unspecified atom stereocenters. The highest BCUT2D eigenvalue weighted by Gasteiger charge is 2.44. The average Bonchev–Trinajstić information content (AvgIpc) is 2.35. The zero-order valence-electron chi connectivity index (χ0n) is 11.8. The Bertz CT molecular complexity index is 259. The molecule has 0 fully saturated rings. The zero-order chi connectivity index (χ0) is 13.7. The smallest absolute Gasteiger partial charge is 0.311 e.